The van der Waals surface area contributed by atoms with Crippen molar-refractivity contribution in [3.63, 3.8) is 0 Å². The van der Waals surface area contributed by atoms with Gasteiger partial charge in [0.25, 0.3) is 0 Å². The Morgan fingerprint density at radius 3 is 2.95 bits per heavy atom. The van der Waals surface area contributed by atoms with E-state index in [0.717, 1.165) is 23.5 Å². The number of nitrogens with zero attached hydrogens (tertiary/aromatic N) is 3. The van der Waals surface area contributed by atoms with Crippen LogP contribution in [0.4, 0.5) is 5.69 Å². The lowest BCUT2D eigenvalue weighted by Gasteiger charge is -2.23. The van der Waals surface area contributed by atoms with Crippen molar-refractivity contribution in [3.05, 3.63) is 54.7 Å². The van der Waals surface area contributed by atoms with Gasteiger partial charge in [-0.05, 0) is 44.4 Å². The molecular formula is C15H18N4O. The van der Waals surface area contributed by atoms with Gasteiger partial charge in [-0.2, -0.15) is 5.10 Å². The molecule has 0 saturated heterocycles. The lowest BCUT2D eigenvalue weighted by atomic mass is 10.2. The van der Waals surface area contributed by atoms with Crippen LogP contribution in [0.1, 0.15) is 11.8 Å². The molecule has 0 aliphatic carbocycles. The van der Waals surface area contributed by atoms with Gasteiger partial charge in [0, 0.05) is 18.9 Å². The molecule has 0 radical (unpaired) electrons. The van der Waals surface area contributed by atoms with Crippen molar-refractivity contribution in [2.24, 2.45) is 0 Å². The van der Waals surface area contributed by atoms with Crippen LogP contribution in [-0.4, -0.2) is 35.2 Å². The molecule has 0 amide bonds. The zero-order chi connectivity index (χ0) is 13.9. The average Bonchev–Trinajstić information content (AvgIpc) is 3.09. The first-order chi connectivity index (χ1) is 9.75. The molecule has 1 N–H and O–H groups in total. The molecule has 1 atom stereocenters. The average molecular weight is 270 g/mol. The molecule has 3 aromatic heterocycles. The SMILES string of the molecule is CN(C)C(CNc1ccnn2cccc12)c1ccco1. The van der Waals surface area contributed by atoms with Crippen LogP contribution in [0.5, 0.6) is 0 Å². The second-order valence-corrected chi connectivity index (χ2v) is 4.96. The van der Waals surface area contributed by atoms with E-state index in [0.29, 0.717) is 0 Å². The van der Waals surface area contributed by atoms with Gasteiger partial charge in [-0.15, -0.1) is 0 Å². The molecule has 0 saturated carbocycles. The molecule has 20 heavy (non-hydrogen) atoms. The molecule has 5 nitrogen and oxygen atoms in total. The number of fused-ring (bicyclic) bond motifs is 1. The minimum Gasteiger partial charge on any atom is -0.468 e. The number of likely N-dealkylation sites (N-methyl/N-ethyl adjacent to an activating group) is 1. The van der Waals surface area contributed by atoms with Gasteiger partial charge in [-0.3, -0.25) is 4.90 Å². The summed E-state index contributed by atoms with van der Waals surface area (Å²) in [6, 6.07) is 10.1. The summed E-state index contributed by atoms with van der Waals surface area (Å²) in [6.07, 6.45) is 5.45. The van der Waals surface area contributed by atoms with Crippen molar-refractivity contribution in [1.82, 2.24) is 14.5 Å². The van der Waals surface area contributed by atoms with E-state index in [-0.39, 0.29) is 6.04 Å². The van der Waals surface area contributed by atoms with Crippen molar-refractivity contribution in [3.8, 4) is 0 Å². The molecule has 0 fully saturated rings. The third-order valence-electron chi connectivity index (χ3n) is 3.42. The monoisotopic (exact) mass is 270 g/mol. The Morgan fingerprint density at radius 2 is 2.20 bits per heavy atom. The summed E-state index contributed by atoms with van der Waals surface area (Å²) in [5.74, 6) is 0.961. The maximum Gasteiger partial charge on any atom is 0.122 e. The van der Waals surface area contributed by atoms with E-state index in [1.54, 1.807) is 12.5 Å². The summed E-state index contributed by atoms with van der Waals surface area (Å²) in [5, 5.41) is 7.74. The summed E-state index contributed by atoms with van der Waals surface area (Å²) in [4.78, 5) is 2.14. The first-order valence-corrected chi connectivity index (χ1v) is 6.62. The smallest absolute Gasteiger partial charge is 0.122 e. The quantitative estimate of drug-likeness (QED) is 0.774. The van der Waals surface area contributed by atoms with Gasteiger partial charge < -0.3 is 9.73 Å². The predicted octanol–water partition coefficient (Wildman–Crippen LogP) is 2.64. The Hall–Kier alpha value is -2.27. The van der Waals surface area contributed by atoms with E-state index in [4.69, 9.17) is 4.42 Å². The maximum atomic E-state index is 5.52. The first kappa shape index (κ1) is 12.7. The summed E-state index contributed by atoms with van der Waals surface area (Å²) < 4.78 is 7.38. The maximum absolute atomic E-state index is 5.52. The van der Waals surface area contributed by atoms with Gasteiger partial charge in [0.15, 0.2) is 0 Å². The fraction of sp³-hybridized carbons (Fsp3) is 0.267. The molecule has 0 aliphatic rings. The predicted molar refractivity (Wildman–Crippen MR) is 78.8 cm³/mol. The molecule has 104 valence electrons. The first-order valence-electron chi connectivity index (χ1n) is 6.62. The number of hydrogen-bond acceptors (Lipinski definition) is 4. The Labute approximate surface area is 117 Å². The second-order valence-electron chi connectivity index (χ2n) is 4.96. The van der Waals surface area contributed by atoms with Gasteiger partial charge in [0.2, 0.25) is 0 Å². The van der Waals surface area contributed by atoms with Crippen LogP contribution in [0, 0.1) is 0 Å². The minimum atomic E-state index is 0.188. The highest BCUT2D eigenvalue weighted by molar-refractivity contribution is 5.71. The fourth-order valence-electron chi connectivity index (χ4n) is 2.33. The third kappa shape index (κ3) is 2.40. The van der Waals surface area contributed by atoms with Gasteiger partial charge >= 0.3 is 0 Å². The van der Waals surface area contributed by atoms with E-state index < -0.39 is 0 Å². The lowest BCUT2D eigenvalue weighted by Crippen LogP contribution is -2.26. The number of aromatic nitrogens is 2. The molecule has 3 aromatic rings. The number of hydrogen-bond donors (Lipinski definition) is 1. The highest BCUT2D eigenvalue weighted by Gasteiger charge is 2.16. The van der Waals surface area contributed by atoms with Crippen molar-refractivity contribution < 1.29 is 4.42 Å². The van der Waals surface area contributed by atoms with E-state index >= 15 is 0 Å². The van der Waals surface area contributed by atoms with Gasteiger partial charge in [-0.1, -0.05) is 0 Å². The van der Waals surface area contributed by atoms with E-state index in [1.165, 1.54) is 0 Å². The largest absolute Gasteiger partial charge is 0.468 e. The van der Waals surface area contributed by atoms with E-state index in [1.807, 2.05) is 55.1 Å². The summed E-state index contributed by atoms with van der Waals surface area (Å²) in [5.41, 5.74) is 2.15. The topological polar surface area (TPSA) is 45.7 Å². The number of anilines is 1. The van der Waals surface area contributed by atoms with Crippen molar-refractivity contribution in [2.45, 2.75) is 6.04 Å². The third-order valence-corrected chi connectivity index (χ3v) is 3.42. The van der Waals surface area contributed by atoms with Crippen LogP contribution < -0.4 is 5.32 Å². The Bertz CT molecular complexity index is 672. The summed E-state index contributed by atoms with van der Waals surface area (Å²) in [6.45, 7) is 0.769. The highest BCUT2D eigenvalue weighted by Crippen LogP contribution is 2.21. The summed E-state index contributed by atoms with van der Waals surface area (Å²) >= 11 is 0. The molecule has 5 heteroatoms. The Kier molecular flexibility index (Phi) is 3.43. The van der Waals surface area contributed by atoms with Crippen LogP contribution in [0.3, 0.4) is 0 Å². The highest BCUT2D eigenvalue weighted by atomic mass is 16.3. The minimum absolute atomic E-state index is 0.188. The van der Waals surface area contributed by atoms with Crippen molar-refractivity contribution >= 4 is 11.2 Å². The molecule has 3 rings (SSSR count). The summed E-state index contributed by atoms with van der Waals surface area (Å²) in [7, 11) is 4.10. The second kappa shape index (κ2) is 5.38. The van der Waals surface area contributed by atoms with E-state index in [9.17, 15) is 0 Å². The van der Waals surface area contributed by atoms with Gasteiger partial charge in [-0.25, -0.2) is 4.52 Å². The van der Waals surface area contributed by atoms with Crippen molar-refractivity contribution in [1.29, 1.82) is 0 Å². The van der Waals surface area contributed by atoms with Crippen LogP contribution in [0.25, 0.3) is 5.52 Å². The molecule has 0 bridgehead atoms. The zero-order valence-electron chi connectivity index (χ0n) is 11.7. The van der Waals surface area contributed by atoms with Gasteiger partial charge in [0.1, 0.15) is 5.76 Å². The molecule has 0 aromatic carbocycles. The molecular weight excluding hydrogens is 252 g/mol. The van der Waals surface area contributed by atoms with Crippen LogP contribution in [0.15, 0.2) is 53.4 Å². The number of rotatable bonds is 5. The molecule has 1 unspecified atom stereocenters. The fourth-order valence-corrected chi connectivity index (χ4v) is 2.33. The Balaban J connectivity index is 1.79. The zero-order valence-corrected chi connectivity index (χ0v) is 11.7. The van der Waals surface area contributed by atoms with Crippen LogP contribution >= 0.6 is 0 Å². The van der Waals surface area contributed by atoms with Crippen LogP contribution in [0.2, 0.25) is 0 Å². The van der Waals surface area contributed by atoms with E-state index in [2.05, 4.69) is 15.3 Å². The number of furan rings is 1. The number of nitrogens with one attached hydrogen (secondary N) is 1. The standard InChI is InChI=1S/C15H18N4O/c1-18(2)14(15-6-4-10-20-15)11-16-12-7-8-17-19-9-3-5-13(12)19/h3-10,14,16H,11H2,1-2H3. The molecule has 0 spiro atoms. The lowest BCUT2D eigenvalue weighted by molar-refractivity contribution is 0.269. The normalized spacial score (nSPS) is 12.9. The van der Waals surface area contributed by atoms with Gasteiger partial charge in [0.05, 0.1) is 23.5 Å². The Morgan fingerprint density at radius 1 is 1.30 bits per heavy atom. The van der Waals surface area contributed by atoms with Crippen molar-refractivity contribution in [2.75, 3.05) is 26.0 Å². The van der Waals surface area contributed by atoms with Crippen LogP contribution in [-0.2, 0) is 0 Å². The molecule has 3 heterocycles. The molecule has 0 aliphatic heterocycles.